The van der Waals surface area contributed by atoms with E-state index >= 15 is 0 Å². The van der Waals surface area contributed by atoms with Crippen molar-refractivity contribution in [3.63, 3.8) is 0 Å². The van der Waals surface area contributed by atoms with Crippen LogP contribution in [0.1, 0.15) is 29.2 Å². The van der Waals surface area contributed by atoms with Crippen molar-refractivity contribution in [1.82, 2.24) is 5.32 Å². The molecule has 34 heavy (non-hydrogen) atoms. The number of aliphatic hydroxyl groups is 1. The highest BCUT2D eigenvalue weighted by Crippen LogP contribution is 2.29. The Morgan fingerprint density at radius 1 is 1.03 bits per heavy atom. The number of aryl methyl sites for hydroxylation is 1. The number of carboxylic acid groups (broad SMARTS) is 1. The van der Waals surface area contributed by atoms with Crippen LogP contribution in [-0.4, -0.2) is 35.4 Å². The lowest BCUT2D eigenvalue weighted by atomic mass is 9.88. The number of aliphatic hydroxyl groups excluding tert-OH is 1. The van der Waals surface area contributed by atoms with Gasteiger partial charge in [-0.05, 0) is 84.5 Å². The van der Waals surface area contributed by atoms with Gasteiger partial charge in [0.25, 0.3) is 0 Å². The van der Waals surface area contributed by atoms with Crippen LogP contribution in [0.3, 0.4) is 0 Å². The Balaban J connectivity index is 0.00000324. The van der Waals surface area contributed by atoms with E-state index in [1.165, 1.54) is 11.1 Å². The maximum Gasteiger partial charge on any atom is 0.341 e. The molecule has 0 heterocycles. The lowest BCUT2D eigenvalue weighted by Crippen LogP contribution is -2.37. The van der Waals surface area contributed by atoms with Crippen molar-refractivity contribution < 1.29 is 24.5 Å². The number of benzene rings is 3. The van der Waals surface area contributed by atoms with E-state index in [0.29, 0.717) is 23.1 Å². The van der Waals surface area contributed by atoms with E-state index in [4.69, 9.17) is 26.2 Å². The minimum Gasteiger partial charge on any atom is -0.482 e. The summed E-state index contributed by atoms with van der Waals surface area (Å²) in [5, 5.41) is 23.3. The molecule has 1 aliphatic carbocycles. The molecule has 0 fully saturated rings. The number of carbonyl (C=O) groups is 1. The highest BCUT2D eigenvalue weighted by molar-refractivity contribution is 6.30. The fraction of sp³-hybridized carbons (Fsp3) is 0.269. The molecular formula is C26H27Cl2NO5. The van der Waals surface area contributed by atoms with Gasteiger partial charge < -0.3 is 25.0 Å². The van der Waals surface area contributed by atoms with Gasteiger partial charge in [0.05, 0.1) is 6.10 Å². The largest absolute Gasteiger partial charge is 0.482 e. The van der Waals surface area contributed by atoms with Gasteiger partial charge in [0.2, 0.25) is 0 Å². The van der Waals surface area contributed by atoms with Crippen LogP contribution in [0.25, 0.3) is 0 Å². The fourth-order valence-corrected chi connectivity index (χ4v) is 4.16. The summed E-state index contributed by atoms with van der Waals surface area (Å²) in [5.74, 6) is 0.848. The van der Waals surface area contributed by atoms with Gasteiger partial charge in [-0.3, -0.25) is 0 Å². The second-order valence-corrected chi connectivity index (χ2v) is 8.54. The second kappa shape index (κ2) is 12.1. The predicted octanol–water partition coefficient (Wildman–Crippen LogP) is 5.20. The number of aliphatic carboxylic acids is 1. The van der Waals surface area contributed by atoms with E-state index in [1.807, 2.05) is 18.2 Å². The molecule has 2 atom stereocenters. The van der Waals surface area contributed by atoms with E-state index in [2.05, 4.69) is 17.4 Å². The van der Waals surface area contributed by atoms with Gasteiger partial charge in [-0.2, -0.15) is 0 Å². The minimum atomic E-state index is -1.02. The fourth-order valence-electron chi connectivity index (χ4n) is 3.97. The van der Waals surface area contributed by atoms with Crippen molar-refractivity contribution in [2.75, 3.05) is 13.2 Å². The molecule has 4 rings (SSSR count). The van der Waals surface area contributed by atoms with Crippen molar-refractivity contribution >= 4 is 30.0 Å². The summed E-state index contributed by atoms with van der Waals surface area (Å²) in [6.45, 7) is 0.0865. The standard InChI is InChI=1S/C26H26ClNO5.ClH/c27-20-3-1-2-18(12-20)25(29)15-28-21-6-4-17-5-7-24(14-19(17)13-21)33-23-10-8-22(9-11-23)32-16-26(30)31;/h1-3,5,7-12,14,21,25,28-29H,4,6,13,15-16H2,(H,30,31);1H/t21-,25-;/m0./s1. The van der Waals surface area contributed by atoms with E-state index in [-0.39, 0.29) is 25.1 Å². The van der Waals surface area contributed by atoms with Crippen LogP contribution in [0.4, 0.5) is 0 Å². The molecule has 1 aliphatic rings. The smallest absolute Gasteiger partial charge is 0.341 e. The highest BCUT2D eigenvalue weighted by atomic mass is 35.5. The maximum atomic E-state index is 10.6. The average Bonchev–Trinajstić information content (AvgIpc) is 2.82. The topological polar surface area (TPSA) is 88.0 Å². The van der Waals surface area contributed by atoms with E-state index in [1.54, 1.807) is 36.4 Å². The molecule has 0 radical (unpaired) electrons. The van der Waals surface area contributed by atoms with Crippen LogP contribution in [0.5, 0.6) is 17.2 Å². The number of hydrogen-bond acceptors (Lipinski definition) is 5. The summed E-state index contributed by atoms with van der Waals surface area (Å²) in [7, 11) is 0. The summed E-state index contributed by atoms with van der Waals surface area (Å²) in [6.07, 6.45) is 2.22. The molecule has 0 spiro atoms. The first-order valence-corrected chi connectivity index (χ1v) is 11.3. The van der Waals surface area contributed by atoms with E-state index < -0.39 is 12.1 Å². The molecule has 180 valence electrons. The quantitative estimate of drug-likeness (QED) is 0.372. The van der Waals surface area contributed by atoms with Crippen molar-refractivity contribution in [3.05, 3.63) is 88.4 Å². The molecule has 8 heteroatoms. The van der Waals surface area contributed by atoms with Crippen molar-refractivity contribution in [1.29, 1.82) is 0 Å². The van der Waals surface area contributed by atoms with Gasteiger partial charge in [-0.25, -0.2) is 4.79 Å². The molecule has 6 nitrogen and oxygen atoms in total. The van der Waals surface area contributed by atoms with Gasteiger partial charge >= 0.3 is 5.97 Å². The van der Waals surface area contributed by atoms with Crippen LogP contribution < -0.4 is 14.8 Å². The molecule has 0 aliphatic heterocycles. The predicted molar refractivity (Wildman–Crippen MR) is 134 cm³/mol. The molecule has 3 N–H and O–H groups in total. The zero-order chi connectivity index (χ0) is 23.2. The Morgan fingerprint density at radius 2 is 1.76 bits per heavy atom. The number of fused-ring (bicyclic) bond motifs is 1. The highest BCUT2D eigenvalue weighted by Gasteiger charge is 2.20. The number of hydrogen-bond donors (Lipinski definition) is 3. The third kappa shape index (κ3) is 7.11. The zero-order valence-electron chi connectivity index (χ0n) is 18.4. The molecule has 0 saturated heterocycles. The number of carboxylic acids is 1. The van der Waals surface area contributed by atoms with Crippen molar-refractivity contribution in [3.8, 4) is 17.2 Å². The summed E-state index contributed by atoms with van der Waals surface area (Å²) in [5.41, 5.74) is 3.35. The molecule has 0 saturated carbocycles. The van der Waals surface area contributed by atoms with E-state index in [0.717, 1.165) is 30.6 Å². The van der Waals surface area contributed by atoms with Crippen molar-refractivity contribution in [2.45, 2.75) is 31.4 Å². The Kier molecular flexibility index (Phi) is 9.19. The summed E-state index contributed by atoms with van der Waals surface area (Å²) >= 11 is 6.03. The zero-order valence-corrected chi connectivity index (χ0v) is 20.0. The third-order valence-corrected chi connectivity index (χ3v) is 5.90. The summed E-state index contributed by atoms with van der Waals surface area (Å²) < 4.78 is 11.1. The molecule has 3 aromatic rings. The lowest BCUT2D eigenvalue weighted by molar-refractivity contribution is -0.139. The SMILES string of the molecule is Cl.O=C(O)COc1ccc(Oc2ccc3c(c2)C[C@@H](NC[C@H](O)c2cccc(Cl)c2)CC3)cc1. The Labute approximate surface area is 209 Å². The number of ether oxygens (including phenoxy) is 2. The second-order valence-electron chi connectivity index (χ2n) is 8.11. The number of halogens is 2. The Morgan fingerprint density at radius 3 is 2.50 bits per heavy atom. The lowest BCUT2D eigenvalue weighted by Gasteiger charge is -2.27. The van der Waals surface area contributed by atoms with Gasteiger partial charge in [-0.1, -0.05) is 29.8 Å². The van der Waals surface area contributed by atoms with Crippen LogP contribution in [-0.2, 0) is 17.6 Å². The van der Waals surface area contributed by atoms with Gasteiger partial charge in [0.1, 0.15) is 17.2 Å². The first-order valence-electron chi connectivity index (χ1n) is 10.9. The minimum absolute atomic E-state index is 0. The van der Waals surface area contributed by atoms with Gasteiger partial charge in [0, 0.05) is 17.6 Å². The van der Waals surface area contributed by atoms with Crippen LogP contribution in [0, 0.1) is 0 Å². The molecule has 0 unspecified atom stereocenters. The monoisotopic (exact) mass is 503 g/mol. The molecular weight excluding hydrogens is 477 g/mol. The van der Waals surface area contributed by atoms with Crippen LogP contribution in [0.2, 0.25) is 5.02 Å². The molecule has 0 bridgehead atoms. The maximum absolute atomic E-state index is 10.6. The van der Waals surface area contributed by atoms with E-state index in [9.17, 15) is 9.90 Å². The Bertz CT molecular complexity index is 1110. The first kappa shape index (κ1) is 25.8. The Hall–Kier alpha value is -2.77. The summed E-state index contributed by atoms with van der Waals surface area (Å²) in [4.78, 5) is 10.6. The van der Waals surface area contributed by atoms with Crippen LogP contribution >= 0.6 is 24.0 Å². The normalized spacial score (nSPS) is 15.5. The third-order valence-electron chi connectivity index (χ3n) is 5.66. The van der Waals surface area contributed by atoms with Gasteiger partial charge in [-0.15, -0.1) is 12.4 Å². The van der Waals surface area contributed by atoms with Gasteiger partial charge in [0.15, 0.2) is 6.61 Å². The van der Waals surface area contributed by atoms with Crippen molar-refractivity contribution in [2.24, 2.45) is 0 Å². The molecule has 0 amide bonds. The average molecular weight is 504 g/mol. The number of rotatable bonds is 9. The van der Waals surface area contributed by atoms with Crippen LogP contribution in [0.15, 0.2) is 66.7 Å². The first-order chi connectivity index (χ1) is 16.0. The summed E-state index contributed by atoms with van der Waals surface area (Å²) in [6, 6.07) is 20.6. The number of nitrogens with one attached hydrogen (secondary N) is 1. The molecule has 0 aromatic heterocycles. The molecule has 3 aromatic carbocycles.